The molecule has 0 fully saturated rings. The summed E-state index contributed by atoms with van der Waals surface area (Å²) in [4.78, 5) is 31.2. The number of rotatable bonds is 12. The van der Waals surface area contributed by atoms with E-state index in [1.54, 1.807) is 0 Å². The maximum atomic E-state index is 12.3. The van der Waals surface area contributed by atoms with Crippen molar-refractivity contribution in [2.45, 2.75) is 25.8 Å². The van der Waals surface area contributed by atoms with Crippen LogP contribution in [0.4, 0.5) is 30.7 Å². The summed E-state index contributed by atoms with van der Waals surface area (Å²) < 4.78 is 89.2. The van der Waals surface area contributed by atoms with E-state index in [9.17, 15) is 40.3 Å². The highest BCUT2D eigenvalue weighted by atomic mass is 33.1. The number of carbonyl (C=O) groups excluding carboxylic acids is 1. The Morgan fingerprint density at radius 1 is 0.909 bits per heavy atom. The van der Waals surface area contributed by atoms with Gasteiger partial charge in [-0.3, -0.25) is 9.59 Å². The first-order valence-corrected chi connectivity index (χ1v) is 10.8. The molecule has 0 unspecified atom stereocenters. The number of nitrogens with one attached hydrogen (secondary N) is 1. The fraction of sp³-hybridized carbons (Fsp3) is 0.438. The Labute approximate surface area is 189 Å². The quantitative estimate of drug-likeness (QED) is 0.208. The van der Waals surface area contributed by atoms with E-state index in [0.29, 0.717) is 11.5 Å². The molecule has 1 amide bonds. The molecule has 0 aliphatic heterocycles. The second-order valence-electron chi connectivity index (χ2n) is 5.30. The molecule has 1 aromatic carbocycles. The molecular weight excluding hydrogens is 515 g/mol. The SMILES string of the molecule is O=C(O)C(F)(F)F.O=C(O)CCSSCCNC(=O)c1cc(OC(F)F)cc(OC(F)F)c1. The molecule has 0 spiro atoms. The third-order valence-corrected chi connectivity index (χ3v) is 5.20. The van der Waals surface area contributed by atoms with E-state index >= 15 is 0 Å². The molecule has 0 aliphatic rings. The fourth-order valence-electron chi connectivity index (χ4n) is 1.60. The van der Waals surface area contributed by atoms with Gasteiger partial charge < -0.3 is 25.0 Å². The highest BCUT2D eigenvalue weighted by Gasteiger charge is 2.38. The number of hydrogen-bond acceptors (Lipinski definition) is 7. The molecule has 17 heteroatoms. The number of ether oxygens (including phenoxy) is 2. The minimum atomic E-state index is -5.08. The Bertz CT molecular complexity index is 754. The van der Waals surface area contributed by atoms with E-state index in [0.717, 1.165) is 18.2 Å². The summed E-state index contributed by atoms with van der Waals surface area (Å²) in [6, 6.07) is 2.78. The second kappa shape index (κ2) is 15.3. The van der Waals surface area contributed by atoms with Gasteiger partial charge in [0.1, 0.15) is 11.5 Å². The second-order valence-corrected chi connectivity index (χ2v) is 8.00. The van der Waals surface area contributed by atoms with Crippen molar-refractivity contribution in [1.82, 2.24) is 5.32 Å². The lowest BCUT2D eigenvalue weighted by Crippen LogP contribution is -2.25. The molecule has 0 aromatic heterocycles. The van der Waals surface area contributed by atoms with Crippen LogP contribution in [0.3, 0.4) is 0 Å². The number of hydrogen-bond donors (Lipinski definition) is 3. The minimum Gasteiger partial charge on any atom is -0.481 e. The van der Waals surface area contributed by atoms with Crippen LogP contribution in [0.25, 0.3) is 0 Å². The Hall–Kier alpha value is -2.56. The summed E-state index contributed by atoms with van der Waals surface area (Å²) >= 11 is 0. The van der Waals surface area contributed by atoms with Crippen molar-refractivity contribution in [1.29, 1.82) is 0 Å². The van der Waals surface area contributed by atoms with Crippen molar-refractivity contribution in [2.24, 2.45) is 0 Å². The van der Waals surface area contributed by atoms with Gasteiger partial charge in [0.25, 0.3) is 5.91 Å². The van der Waals surface area contributed by atoms with Crippen LogP contribution in [-0.4, -0.2) is 65.5 Å². The van der Waals surface area contributed by atoms with Crippen LogP contribution in [0.5, 0.6) is 11.5 Å². The van der Waals surface area contributed by atoms with Crippen molar-refractivity contribution in [3.05, 3.63) is 23.8 Å². The van der Waals surface area contributed by atoms with Gasteiger partial charge in [-0.2, -0.15) is 30.7 Å². The minimum absolute atomic E-state index is 0.0217. The molecule has 0 saturated heterocycles. The molecule has 0 aliphatic carbocycles. The normalized spacial score (nSPS) is 10.9. The first-order valence-electron chi connectivity index (χ1n) is 8.31. The Kier molecular flexibility index (Phi) is 14.1. The molecule has 3 N–H and O–H groups in total. The van der Waals surface area contributed by atoms with Crippen molar-refractivity contribution in [3.8, 4) is 11.5 Å². The number of carboxylic acids is 2. The maximum absolute atomic E-state index is 12.3. The Balaban J connectivity index is 0.00000126. The zero-order valence-corrected chi connectivity index (χ0v) is 17.7. The molecule has 8 nitrogen and oxygen atoms in total. The molecule has 1 aromatic rings. The average molecular weight is 531 g/mol. The fourth-order valence-corrected chi connectivity index (χ4v) is 3.49. The van der Waals surface area contributed by atoms with Crippen molar-refractivity contribution < 1.29 is 64.8 Å². The first kappa shape index (κ1) is 30.4. The number of amides is 1. The monoisotopic (exact) mass is 531 g/mol. The highest BCUT2D eigenvalue weighted by Crippen LogP contribution is 2.26. The zero-order chi connectivity index (χ0) is 25.6. The third-order valence-electron chi connectivity index (χ3n) is 2.79. The number of aliphatic carboxylic acids is 2. The number of carboxylic acid groups (broad SMARTS) is 2. The molecular formula is C16H16F7NO7S2. The maximum Gasteiger partial charge on any atom is 0.490 e. The summed E-state index contributed by atoms with van der Waals surface area (Å²) in [5.41, 5.74) is -0.178. The average Bonchev–Trinajstić information content (AvgIpc) is 2.65. The van der Waals surface area contributed by atoms with Crippen LogP contribution in [0.2, 0.25) is 0 Å². The van der Waals surface area contributed by atoms with Crippen LogP contribution < -0.4 is 14.8 Å². The van der Waals surface area contributed by atoms with E-state index in [4.69, 9.17) is 15.0 Å². The lowest BCUT2D eigenvalue weighted by Gasteiger charge is -2.11. The topological polar surface area (TPSA) is 122 Å². The summed E-state index contributed by atoms with van der Waals surface area (Å²) in [6.07, 6.45) is -5.06. The summed E-state index contributed by atoms with van der Waals surface area (Å²) in [5.74, 6) is -4.44. The van der Waals surface area contributed by atoms with Gasteiger partial charge in [0.15, 0.2) is 0 Å². The smallest absolute Gasteiger partial charge is 0.481 e. The zero-order valence-electron chi connectivity index (χ0n) is 16.1. The van der Waals surface area contributed by atoms with Gasteiger partial charge in [0, 0.05) is 29.7 Å². The predicted octanol–water partition coefficient (Wildman–Crippen LogP) is 4.11. The number of benzene rings is 1. The van der Waals surface area contributed by atoms with Gasteiger partial charge >= 0.3 is 31.3 Å². The van der Waals surface area contributed by atoms with Gasteiger partial charge in [-0.05, 0) is 12.1 Å². The van der Waals surface area contributed by atoms with E-state index < -0.39 is 48.7 Å². The molecule has 1 rings (SSSR count). The summed E-state index contributed by atoms with van der Waals surface area (Å²) in [7, 11) is 2.67. The lowest BCUT2D eigenvalue weighted by atomic mass is 10.2. The van der Waals surface area contributed by atoms with Crippen molar-refractivity contribution in [3.63, 3.8) is 0 Å². The molecule has 33 heavy (non-hydrogen) atoms. The van der Waals surface area contributed by atoms with Crippen molar-refractivity contribution in [2.75, 3.05) is 18.1 Å². The van der Waals surface area contributed by atoms with Gasteiger partial charge in [-0.25, -0.2) is 4.79 Å². The predicted molar refractivity (Wildman–Crippen MR) is 103 cm³/mol. The van der Waals surface area contributed by atoms with E-state index in [1.165, 1.54) is 21.6 Å². The van der Waals surface area contributed by atoms with Gasteiger partial charge in [-0.15, -0.1) is 0 Å². The van der Waals surface area contributed by atoms with E-state index in [-0.39, 0.29) is 18.5 Å². The largest absolute Gasteiger partial charge is 0.490 e. The molecule has 0 atom stereocenters. The number of alkyl halides is 7. The molecule has 0 radical (unpaired) electrons. The summed E-state index contributed by atoms with van der Waals surface area (Å²) in [5, 5.41) is 18.1. The van der Waals surface area contributed by atoms with Gasteiger partial charge in [0.05, 0.1) is 6.42 Å². The van der Waals surface area contributed by atoms with Crippen LogP contribution in [0, 0.1) is 0 Å². The van der Waals surface area contributed by atoms with Crippen LogP contribution in [-0.2, 0) is 9.59 Å². The molecule has 0 bridgehead atoms. The van der Waals surface area contributed by atoms with Gasteiger partial charge in [0.2, 0.25) is 0 Å². The molecule has 188 valence electrons. The summed E-state index contributed by atoms with van der Waals surface area (Å²) in [6.45, 7) is -6.17. The van der Waals surface area contributed by atoms with E-state index in [2.05, 4.69) is 14.8 Å². The first-order chi connectivity index (χ1) is 15.2. The Morgan fingerprint density at radius 3 is 1.76 bits per heavy atom. The van der Waals surface area contributed by atoms with Crippen LogP contribution >= 0.6 is 21.6 Å². The Morgan fingerprint density at radius 2 is 1.36 bits per heavy atom. The third kappa shape index (κ3) is 15.8. The van der Waals surface area contributed by atoms with Crippen molar-refractivity contribution >= 4 is 39.4 Å². The highest BCUT2D eigenvalue weighted by molar-refractivity contribution is 8.76. The molecule has 0 saturated carbocycles. The van der Waals surface area contributed by atoms with E-state index in [1.807, 2.05) is 0 Å². The van der Waals surface area contributed by atoms with Crippen LogP contribution in [0.1, 0.15) is 16.8 Å². The lowest BCUT2D eigenvalue weighted by molar-refractivity contribution is -0.192. The molecule has 0 heterocycles. The standard InChI is InChI=1S/C14H15F4NO5S2.C2HF3O2/c15-13(16)23-9-5-8(6-10(7-9)24-14(17)18)12(22)19-2-4-26-25-3-1-11(20)21;3-2(4,5)1(6)7/h5-7,13-14H,1-4H2,(H,19,22)(H,20,21);(H,6,7). The number of halogens is 7. The van der Waals surface area contributed by atoms with Gasteiger partial charge in [-0.1, -0.05) is 21.6 Å². The van der Waals surface area contributed by atoms with Crippen LogP contribution in [0.15, 0.2) is 18.2 Å². The number of carbonyl (C=O) groups is 3.